The summed E-state index contributed by atoms with van der Waals surface area (Å²) in [4.78, 5) is 0. The molecule has 1 fully saturated rings. The van der Waals surface area contributed by atoms with E-state index in [4.69, 9.17) is 10.5 Å². The largest absolute Gasteiger partial charge is 0.381 e. The van der Waals surface area contributed by atoms with Crippen LogP contribution in [0.5, 0.6) is 0 Å². The van der Waals surface area contributed by atoms with Gasteiger partial charge in [-0.1, -0.05) is 0 Å². The highest BCUT2D eigenvalue weighted by Crippen LogP contribution is 2.19. The standard InChI is InChI=1S/C9H17N3O/c1-9(10)6-11-12(7-9)8-2-4-13-5-3-8/h6,8H,2-5,7,10H2,1H3. The van der Waals surface area contributed by atoms with E-state index in [2.05, 4.69) is 10.1 Å². The summed E-state index contributed by atoms with van der Waals surface area (Å²) in [5.41, 5.74) is 5.71. The Labute approximate surface area is 78.7 Å². The van der Waals surface area contributed by atoms with E-state index in [-0.39, 0.29) is 5.54 Å². The quantitative estimate of drug-likeness (QED) is 0.631. The number of nitrogens with two attached hydrogens (primary N) is 1. The number of hydrogen-bond donors (Lipinski definition) is 1. The third-order valence-corrected chi connectivity index (χ3v) is 2.62. The van der Waals surface area contributed by atoms with Gasteiger partial charge in [0.1, 0.15) is 0 Å². The van der Waals surface area contributed by atoms with E-state index in [1.807, 2.05) is 13.1 Å². The Balaban J connectivity index is 1.92. The van der Waals surface area contributed by atoms with Crippen LogP contribution in [0.15, 0.2) is 5.10 Å². The van der Waals surface area contributed by atoms with Crippen LogP contribution >= 0.6 is 0 Å². The van der Waals surface area contributed by atoms with E-state index < -0.39 is 0 Å². The second kappa shape index (κ2) is 3.27. The van der Waals surface area contributed by atoms with Crippen molar-refractivity contribution in [3.8, 4) is 0 Å². The lowest BCUT2D eigenvalue weighted by Crippen LogP contribution is -2.45. The van der Waals surface area contributed by atoms with Gasteiger partial charge in [0.25, 0.3) is 0 Å². The Morgan fingerprint density at radius 2 is 2.23 bits per heavy atom. The predicted molar refractivity (Wildman–Crippen MR) is 51.6 cm³/mol. The first-order valence-corrected chi connectivity index (χ1v) is 4.86. The molecule has 4 heteroatoms. The second-order valence-electron chi connectivity index (χ2n) is 4.19. The molecule has 13 heavy (non-hydrogen) atoms. The van der Waals surface area contributed by atoms with Crippen molar-refractivity contribution in [2.24, 2.45) is 10.8 Å². The summed E-state index contributed by atoms with van der Waals surface area (Å²) in [7, 11) is 0. The average Bonchev–Trinajstić information content (AvgIpc) is 2.48. The minimum absolute atomic E-state index is 0.238. The van der Waals surface area contributed by atoms with Gasteiger partial charge in [0.15, 0.2) is 0 Å². The number of hydrogen-bond acceptors (Lipinski definition) is 4. The summed E-state index contributed by atoms with van der Waals surface area (Å²) in [6.07, 6.45) is 4.00. The van der Waals surface area contributed by atoms with Gasteiger partial charge in [0.05, 0.1) is 18.1 Å². The van der Waals surface area contributed by atoms with Crippen molar-refractivity contribution >= 4 is 6.21 Å². The Hall–Kier alpha value is -0.610. The third kappa shape index (κ3) is 2.00. The molecule has 0 spiro atoms. The zero-order chi connectivity index (χ0) is 9.31. The fraction of sp³-hybridized carbons (Fsp3) is 0.889. The van der Waals surface area contributed by atoms with Crippen molar-refractivity contribution in [3.63, 3.8) is 0 Å². The third-order valence-electron chi connectivity index (χ3n) is 2.62. The summed E-state index contributed by atoms with van der Waals surface area (Å²) in [5.74, 6) is 0. The molecule has 0 radical (unpaired) electrons. The number of ether oxygens (including phenoxy) is 1. The van der Waals surface area contributed by atoms with E-state index in [0.29, 0.717) is 6.04 Å². The lowest BCUT2D eigenvalue weighted by Gasteiger charge is -2.31. The van der Waals surface area contributed by atoms with Crippen molar-refractivity contribution in [2.75, 3.05) is 19.8 Å². The SMILES string of the molecule is CC1(N)C=NN(C2CCOCC2)C1. The molecule has 0 amide bonds. The molecule has 1 atom stereocenters. The van der Waals surface area contributed by atoms with E-state index in [1.54, 1.807) is 0 Å². The van der Waals surface area contributed by atoms with Crippen LogP contribution in [0.2, 0.25) is 0 Å². The normalized spacial score (nSPS) is 35.7. The molecule has 2 heterocycles. The minimum atomic E-state index is -0.238. The molecular formula is C9H17N3O. The lowest BCUT2D eigenvalue weighted by atomic mass is 10.0. The first kappa shape index (κ1) is 8.97. The van der Waals surface area contributed by atoms with Crippen LogP contribution in [0.3, 0.4) is 0 Å². The molecule has 2 aliphatic rings. The van der Waals surface area contributed by atoms with Crippen LogP contribution in [-0.2, 0) is 4.74 Å². The molecule has 0 saturated carbocycles. The predicted octanol–water partition coefficient (Wildman–Crippen LogP) is 0.184. The molecule has 2 aliphatic heterocycles. The Morgan fingerprint density at radius 1 is 1.54 bits per heavy atom. The molecule has 0 aromatic rings. The van der Waals surface area contributed by atoms with Crippen LogP contribution < -0.4 is 5.73 Å². The number of hydrazone groups is 1. The molecule has 2 N–H and O–H groups in total. The van der Waals surface area contributed by atoms with Crippen molar-refractivity contribution in [1.29, 1.82) is 0 Å². The molecule has 0 bridgehead atoms. The highest BCUT2D eigenvalue weighted by atomic mass is 16.5. The highest BCUT2D eigenvalue weighted by Gasteiger charge is 2.30. The van der Waals surface area contributed by atoms with Gasteiger partial charge in [-0.2, -0.15) is 5.10 Å². The molecule has 2 rings (SSSR count). The van der Waals surface area contributed by atoms with Crippen molar-refractivity contribution < 1.29 is 4.74 Å². The summed E-state index contributed by atoms with van der Waals surface area (Å²) < 4.78 is 5.30. The topological polar surface area (TPSA) is 50.8 Å². The molecule has 74 valence electrons. The first-order chi connectivity index (χ1) is 6.17. The van der Waals surface area contributed by atoms with Crippen molar-refractivity contribution in [3.05, 3.63) is 0 Å². The fourth-order valence-electron chi connectivity index (χ4n) is 1.84. The Kier molecular flexibility index (Phi) is 2.26. The lowest BCUT2D eigenvalue weighted by molar-refractivity contribution is 0.0361. The van der Waals surface area contributed by atoms with E-state index in [0.717, 1.165) is 32.6 Å². The average molecular weight is 183 g/mol. The summed E-state index contributed by atoms with van der Waals surface area (Å²) in [5, 5.41) is 6.45. The smallest absolute Gasteiger partial charge is 0.0697 e. The van der Waals surface area contributed by atoms with Gasteiger partial charge in [-0.15, -0.1) is 0 Å². The number of rotatable bonds is 1. The van der Waals surface area contributed by atoms with Crippen molar-refractivity contribution in [2.45, 2.75) is 31.3 Å². The second-order valence-corrected chi connectivity index (χ2v) is 4.19. The summed E-state index contributed by atoms with van der Waals surface area (Å²) in [6.45, 7) is 4.57. The minimum Gasteiger partial charge on any atom is -0.381 e. The Bertz CT molecular complexity index is 209. The van der Waals surface area contributed by atoms with Crippen LogP contribution in [0, 0.1) is 0 Å². The van der Waals surface area contributed by atoms with Gasteiger partial charge in [-0.05, 0) is 19.8 Å². The molecular weight excluding hydrogens is 166 g/mol. The fourth-order valence-corrected chi connectivity index (χ4v) is 1.84. The van der Waals surface area contributed by atoms with Gasteiger partial charge in [-0.25, -0.2) is 0 Å². The van der Waals surface area contributed by atoms with E-state index in [9.17, 15) is 0 Å². The van der Waals surface area contributed by atoms with E-state index >= 15 is 0 Å². The first-order valence-electron chi connectivity index (χ1n) is 4.86. The van der Waals surface area contributed by atoms with Gasteiger partial charge in [0.2, 0.25) is 0 Å². The maximum atomic E-state index is 5.95. The number of nitrogens with zero attached hydrogens (tertiary/aromatic N) is 2. The Morgan fingerprint density at radius 3 is 2.77 bits per heavy atom. The van der Waals surface area contributed by atoms with Gasteiger partial charge in [-0.3, -0.25) is 5.01 Å². The van der Waals surface area contributed by atoms with Crippen LogP contribution in [0.1, 0.15) is 19.8 Å². The van der Waals surface area contributed by atoms with Gasteiger partial charge < -0.3 is 10.5 Å². The van der Waals surface area contributed by atoms with Crippen LogP contribution in [0.25, 0.3) is 0 Å². The molecule has 0 aliphatic carbocycles. The van der Waals surface area contributed by atoms with Gasteiger partial charge >= 0.3 is 0 Å². The maximum absolute atomic E-state index is 5.95. The molecule has 0 aromatic carbocycles. The van der Waals surface area contributed by atoms with Gasteiger partial charge in [0, 0.05) is 19.4 Å². The van der Waals surface area contributed by atoms with Crippen LogP contribution in [-0.4, -0.2) is 42.6 Å². The maximum Gasteiger partial charge on any atom is 0.0697 e. The molecule has 0 aromatic heterocycles. The van der Waals surface area contributed by atoms with Crippen LogP contribution in [0.4, 0.5) is 0 Å². The summed E-state index contributed by atoms with van der Waals surface area (Å²) >= 11 is 0. The highest BCUT2D eigenvalue weighted by molar-refractivity contribution is 5.71. The van der Waals surface area contributed by atoms with Crippen molar-refractivity contribution in [1.82, 2.24) is 5.01 Å². The summed E-state index contributed by atoms with van der Waals surface area (Å²) in [6, 6.07) is 0.537. The molecule has 4 nitrogen and oxygen atoms in total. The molecule has 1 unspecified atom stereocenters. The monoisotopic (exact) mass is 183 g/mol. The zero-order valence-corrected chi connectivity index (χ0v) is 8.07. The molecule has 1 saturated heterocycles. The van der Waals surface area contributed by atoms with E-state index in [1.165, 1.54) is 0 Å². The zero-order valence-electron chi connectivity index (χ0n) is 8.07.